The first kappa shape index (κ1) is 14.1. The van der Waals surface area contributed by atoms with Gasteiger partial charge in [-0.2, -0.15) is 0 Å². The van der Waals surface area contributed by atoms with Crippen LogP contribution in [-0.4, -0.2) is 55.9 Å². The van der Waals surface area contributed by atoms with Gasteiger partial charge in [0.2, 0.25) is 11.8 Å². The molecule has 0 bridgehead atoms. The summed E-state index contributed by atoms with van der Waals surface area (Å²) in [5, 5.41) is 3.00. The fourth-order valence-electron chi connectivity index (χ4n) is 1.69. The van der Waals surface area contributed by atoms with Crippen LogP contribution >= 0.6 is 0 Å². The Morgan fingerprint density at radius 3 is 2.35 bits per heavy atom. The van der Waals surface area contributed by atoms with Crippen molar-refractivity contribution in [2.45, 2.75) is 32.6 Å². The molecule has 0 aromatic heterocycles. The van der Waals surface area contributed by atoms with Gasteiger partial charge in [0.15, 0.2) is 6.29 Å². The number of rotatable bonds is 7. The second kappa shape index (κ2) is 6.68. The second-order valence-electron chi connectivity index (χ2n) is 3.80. The lowest BCUT2D eigenvalue weighted by Gasteiger charge is -2.19. The molecule has 0 spiro atoms. The Bertz CT molecular complexity index is 277. The van der Waals surface area contributed by atoms with E-state index in [1.807, 2.05) is 13.8 Å². The molecular formula is C11H20N2O4. The predicted octanol–water partition coefficient (Wildman–Crippen LogP) is -0.268. The highest BCUT2D eigenvalue weighted by Crippen LogP contribution is 2.10. The topological polar surface area (TPSA) is 67.9 Å². The quantitative estimate of drug-likeness (QED) is 0.493. The Labute approximate surface area is 101 Å². The Morgan fingerprint density at radius 1 is 1.35 bits per heavy atom. The highest BCUT2D eigenvalue weighted by Gasteiger charge is 2.35. The predicted molar refractivity (Wildman–Crippen MR) is 61.2 cm³/mol. The zero-order valence-electron chi connectivity index (χ0n) is 10.6. The van der Waals surface area contributed by atoms with E-state index < -0.39 is 6.04 Å². The van der Waals surface area contributed by atoms with E-state index >= 15 is 0 Å². The maximum absolute atomic E-state index is 11.6. The summed E-state index contributed by atoms with van der Waals surface area (Å²) in [6.45, 7) is 5.25. The number of hydrogen-bond acceptors (Lipinski definition) is 5. The van der Waals surface area contributed by atoms with Crippen molar-refractivity contribution in [3.8, 4) is 0 Å². The number of carbonyl (C=O) groups is 2. The molecule has 17 heavy (non-hydrogen) atoms. The van der Waals surface area contributed by atoms with E-state index in [0.717, 1.165) is 4.90 Å². The van der Waals surface area contributed by atoms with Gasteiger partial charge in [-0.15, -0.1) is 0 Å². The fourth-order valence-corrected chi connectivity index (χ4v) is 1.69. The van der Waals surface area contributed by atoms with Gasteiger partial charge in [-0.1, -0.05) is 0 Å². The van der Waals surface area contributed by atoms with Gasteiger partial charge in [-0.25, -0.2) is 0 Å². The van der Waals surface area contributed by atoms with Crippen LogP contribution in [0.4, 0.5) is 0 Å². The SMILES string of the molecule is CCOC(CNC1CC(=O)N(C)C1=O)OCC. The lowest BCUT2D eigenvalue weighted by Crippen LogP contribution is -2.42. The number of imide groups is 1. The molecule has 2 amide bonds. The molecule has 1 heterocycles. The van der Waals surface area contributed by atoms with E-state index in [9.17, 15) is 9.59 Å². The first-order valence-electron chi connectivity index (χ1n) is 5.87. The zero-order valence-corrected chi connectivity index (χ0v) is 10.6. The lowest BCUT2D eigenvalue weighted by atomic mass is 10.2. The molecule has 1 N–H and O–H groups in total. The fraction of sp³-hybridized carbons (Fsp3) is 0.818. The summed E-state index contributed by atoms with van der Waals surface area (Å²) in [7, 11) is 1.49. The van der Waals surface area contributed by atoms with Crippen molar-refractivity contribution in [3.05, 3.63) is 0 Å². The van der Waals surface area contributed by atoms with Crippen molar-refractivity contribution in [1.82, 2.24) is 10.2 Å². The summed E-state index contributed by atoms with van der Waals surface area (Å²) in [5.74, 6) is -0.349. The molecule has 0 radical (unpaired) electrons. The summed E-state index contributed by atoms with van der Waals surface area (Å²) in [4.78, 5) is 24.0. The minimum atomic E-state index is -0.448. The summed E-state index contributed by atoms with van der Waals surface area (Å²) in [6, 6.07) is -0.448. The molecule has 1 aliphatic heterocycles. The Kier molecular flexibility index (Phi) is 5.54. The average molecular weight is 244 g/mol. The third kappa shape index (κ3) is 3.76. The van der Waals surface area contributed by atoms with Crippen LogP contribution in [-0.2, 0) is 19.1 Å². The Morgan fingerprint density at radius 2 is 1.94 bits per heavy atom. The first-order chi connectivity index (χ1) is 8.10. The first-order valence-corrected chi connectivity index (χ1v) is 5.87. The minimum Gasteiger partial charge on any atom is -0.352 e. The molecule has 1 aliphatic rings. The van der Waals surface area contributed by atoms with E-state index in [1.165, 1.54) is 7.05 Å². The van der Waals surface area contributed by atoms with Gasteiger partial charge in [0.25, 0.3) is 0 Å². The minimum absolute atomic E-state index is 0.156. The summed E-state index contributed by atoms with van der Waals surface area (Å²) in [5.41, 5.74) is 0. The van der Waals surface area contributed by atoms with Crippen molar-refractivity contribution >= 4 is 11.8 Å². The van der Waals surface area contributed by atoms with Crippen LogP contribution in [0, 0.1) is 0 Å². The third-order valence-corrected chi connectivity index (χ3v) is 2.62. The zero-order chi connectivity index (χ0) is 12.8. The van der Waals surface area contributed by atoms with Crippen LogP contribution in [0.15, 0.2) is 0 Å². The van der Waals surface area contributed by atoms with Gasteiger partial charge in [0.05, 0.1) is 12.5 Å². The molecule has 1 rings (SSSR count). The molecule has 6 heteroatoms. The smallest absolute Gasteiger partial charge is 0.246 e. The van der Waals surface area contributed by atoms with Crippen molar-refractivity contribution in [1.29, 1.82) is 0 Å². The molecule has 1 unspecified atom stereocenters. The molecule has 1 saturated heterocycles. The van der Waals surface area contributed by atoms with Crippen LogP contribution < -0.4 is 5.32 Å². The molecule has 1 fully saturated rings. The van der Waals surface area contributed by atoms with Crippen LogP contribution in [0.2, 0.25) is 0 Å². The van der Waals surface area contributed by atoms with Crippen molar-refractivity contribution in [2.24, 2.45) is 0 Å². The average Bonchev–Trinajstić information content (AvgIpc) is 2.54. The number of ether oxygens (including phenoxy) is 2. The Balaban J connectivity index is 2.39. The monoisotopic (exact) mass is 244 g/mol. The largest absolute Gasteiger partial charge is 0.352 e. The van der Waals surface area contributed by atoms with Crippen molar-refractivity contribution < 1.29 is 19.1 Å². The lowest BCUT2D eigenvalue weighted by molar-refractivity contribution is -0.139. The van der Waals surface area contributed by atoms with Gasteiger partial charge in [0.1, 0.15) is 0 Å². The van der Waals surface area contributed by atoms with Gasteiger partial charge < -0.3 is 14.8 Å². The summed E-state index contributed by atoms with van der Waals surface area (Å²) < 4.78 is 10.7. The van der Waals surface area contributed by atoms with Crippen LogP contribution in [0.5, 0.6) is 0 Å². The van der Waals surface area contributed by atoms with E-state index in [4.69, 9.17) is 9.47 Å². The van der Waals surface area contributed by atoms with E-state index in [-0.39, 0.29) is 24.5 Å². The summed E-state index contributed by atoms with van der Waals surface area (Å²) in [6.07, 6.45) is -0.167. The van der Waals surface area contributed by atoms with Crippen LogP contribution in [0.3, 0.4) is 0 Å². The molecule has 98 valence electrons. The maximum Gasteiger partial charge on any atom is 0.246 e. The normalized spacial score (nSPS) is 20.7. The van der Waals surface area contributed by atoms with Gasteiger partial charge in [-0.05, 0) is 13.8 Å². The van der Waals surface area contributed by atoms with Crippen LogP contribution in [0.25, 0.3) is 0 Å². The molecule has 0 aromatic rings. The summed E-state index contributed by atoms with van der Waals surface area (Å²) >= 11 is 0. The maximum atomic E-state index is 11.6. The molecular weight excluding hydrogens is 224 g/mol. The van der Waals surface area contributed by atoms with E-state index in [1.54, 1.807) is 0 Å². The standard InChI is InChI=1S/C11H20N2O4/c1-4-16-10(17-5-2)7-12-8-6-9(14)13(3)11(8)15/h8,10,12H,4-7H2,1-3H3. The number of carbonyl (C=O) groups excluding carboxylic acids is 2. The van der Waals surface area contributed by atoms with Crippen molar-refractivity contribution in [3.63, 3.8) is 0 Å². The van der Waals surface area contributed by atoms with Crippen molar-refractivity contribution in [2.75, 3.05) is 26.8 Å². The number of nitrogens with zero attached hydrogens (tertiary/aromatic N) is 1. The van der Waals surface area contributed by atoms with Gasteiger partial charge >= 0.3 is 0 Å². The highest BCUT2D eigenvalue weighted by atomic mass is 16.7. The number of hydrogen-bond donors (Lipinski definition) is 1. The van der Waals surface area contributed by atoms with Gasteiger partial charge in [0, 0.05) is 26.8 Å². The number of likely N-dealkylation sites (tertiary alicyclic amines) is 1. The molecule has 1 atom stereocenters. The van der Waals surface area contributed by atoms with E-state index in [2.05, 4.69) is 5.32 Å². The molecule has 0 aliphatic carbocycles. The molecule has 6 nitrogen and oxygen atoms in total. The number of amides is 2. The van der Waals surface area contributed by atoms with E-state index in [0.29, 0.717) is 19.8 Å². The number of likely N-dealkylation sites (N-methyl/N-ethyl adjacent to an activating group) is 1. The van der Waals surface area contributed by atoms with Gasteiger partial charge in [-0.3, -0.25) is 14.5 Å². The third-order valence-electron chi connectivity index (χ3n) is 2.62. The highest BCUT2D eigenvalue weighted by molar-refractivity contribution is 6.05. The molecule has 0 aromatic carbocycles. The Hall–Kier alpha value is -0.980. The molecule has 0 saturated carbocycles. The van der Waals surface area contributed by atoms with Crippen LogP contribution in [0.1, 0.15) is 20.3 Å². The number of nitrogens with one attached hydrogen (secondary N) is 1. The second-order valence-corrected chi connectivity index (χ2v) is 3.80.